The van der Waals surface area contributed by atoms with Crippen LogP contribution in [0.3, 0.4) is 0 Å². The van der Waals surface area contributed by atoms with Crippen molar-refractivity contribution >= 4 is 40.0 Å². The van der Waals surface area contributed by atoms with E-state index in [0.717, 1.165) is 10.3 Å². The first-order valence-electron chi connectivity index (χ1n) is 6.27. The average Bonchev–Trinajstić information content (AvgIpc) is 2.99. The summed E-state index contributed by atoms with van der Waals surface area (Å²) in [6, 6.07) is 12.0. The summed E-state index contributed by atoms with van der Waals surface area (Å²) in [4.78, 5) is 23.9. The molecule has 0 bridgehead atoms. The Morgan fingerprint density at radius 1 is 1.19 bits per heavy atom. The van der Waals surface area contributed by atoms with Gasteiger partial charge in [-0.1, -0.05) is 6.07 Å². The molecule has 2 heterocycles. The van der Waals surface area contributed by atoms with Crippen molar-refractivity contribution in [2.24, 2.45) is 0 Å². The lowest BCUT2D eigenvalue weighted by molar-refractivity contribution is -0.111. The SMILES string of the molecule is O=C(C=Cc1cccs1)Nc1ccc2oc(=O)ccc2c1. The zero-order valence-electron chi connectivity index (χ0n) is 10.9. The lowest BCUT2D eigenvalue weighted by atomic mass is 10.2. The molecule has 2 aromatic heterocycles. The van der Waals surface area contributed by atoms with E-state index in [9.17, 15) is 9.59 Å². The van der Waals surface area contributed by atoms with Crippen molar-refractivity contribution in [2.45, 2.75) is 0 Å². The molecule has 0 atom stereocenters. The number of rotatable bonds is 3. The van der Waals surface area contributed by atoms with Crippen molar-refractivity contribution in [1.82, 2.24) is 0 Å². The molecule has 0 aliphatic heterocycles. The lowest BCUT2D eigenvalue weighted by Gasteiger charge is -2.03. The molecule has 5 heteroatoms. The summed E-state index contributed by atoms with van der Waals surface area (Å²) in [6.45, 7) is 0. The van der Waals surface area contributed by atoms with Crippen LogP contribution in [0, 0.1) is 0 Å². The van der Waals surface area contributed by atoms with Crippen molar-refractivity contribution < 1.29 is 9.21 Å². The minimum Gasteiger partial charge on any atom is -0.423 e. The molecule has 21 heavy (non-hydrogen) atoms. The molecule has 0 saturated heterocycles. The van der Waals surface area contributed by atoms with Gasteiger partial charge in [0.05, 0.1) is 0 Å². The maximum atomic E-state index is 11.8. The van der Waals surface area contributed by atoms with Crippen LogP contribution in [0.2, 0.25) is 0 Å². The van der Waals surface area contributed by atoms with Crippen LogP contribution in [-0.2, 0) is 4.79 Å². The zero-order valence-corrected chi connectivity index (χ0v) is 11.7. The first kappa shape index (κ1) is 13.3. The summed E-state index contributed by atoms with van der Waals surface area (Å²) >= 11 is 1.57. The molecule has 4 nitrogen and oxygen atoms in total. The van der Waals surface area contributed by atoms with Gasteiger partial charge in [0.25, 0.3) is 0 Å². The van der Waals surface area contributed by atoms with Crippen LogP contribution in [0.5, 0.6) is 0 Å². The zero-order chi connectivity index (χ0) is 14.7. The van der Waals surface area contributed by atoms with E-state index >= 15 is 0 Å². The van der Waals surface area contributed by atoms with Crippen LogP contribution < -0.4 is 10.9 Å². The van der Waals surface area contributed by atoms with Crippen molar-refractivity contribution in [1.29, 1.82) is 0 Å². The molecule has 0 radical (unpaired) electrons. The van der Waals surface area contributed by atoms with E-state index in [0.29, 0.717) is 11.3 Å². The number of anilines is 1. The standard InChI is InChI=1S/C16H11NO3S/c18-15(7-5-13-2-1-9-21-13)17-12-4-6-14-11(10-12)3-8-16(19)20-14/h1-10H,(H,17,18). The molecule has 0 aliphatic rings. The highest BCUT2D eigenvalue weighted by Crippen LogP contribution is 2.18. The third-order valence-corrected chi connectivity index (χ3v) is 3.67. The normalized spacial score (nSPS) is 11.0. The number of fused-ring (bicyclic) bond motifs is 1. The van der Waals surface area contributed by atoms with Crippen molar-refractivity contribution in [3.05, 3.63) is 69.2 Å². The number of carbonyl (C=O) groups is 1. The second kappa shape index (κ2) is 5.76. The summed E-state index contributed by atoms with van der Waals surface area (Å²) in [7, 11) is 0. The summed E-state index contributed by atoms with van der Waals surface area (Å²) in [6.07, 6.45) is 3.25. The number of benzene rings is 1. The quantitative estimate of drug-likeness (QED) is 0.594. The molecule has 0 aliphatic carbocycles. The van der Waals surface area contributed by atoms with Gasteiger partial charge in [-0.3, -0.25) is 4.79 Å². The summed E-state index contributed by atoms with van der Waals surface area (Å²) in [5, 5.41) is 5.48. The van der Waals surface area contributed by atoms with E-state index in [1.165, 1.54) is 12.1 Å². The highest BCUT2D eigenvalue weighted by Gasteiger charge is 2.02. The highest BCUT2D eigenvalue weighted by atomic mass is 32.1. The van der Waals surface area contributed by atoms with Gasteiger partial charge in [-0.05, 0) is 41.8 Å². The minimum atomic E-state index is -0.391. The van der Waals surface area contributed by atoms with E-state index in [1.54, 1.807) is 41.7 Å². The lowest BCUT2D eigenvalue weighted by Crippen LogP contribution is -2.07. The van der Waals surface area contributed by atoms with E-state index in [4.69, 9.17) is 4.42 Å². The molecule has 0 saturated carbocycles. The Labute approximate surface area is 124 Å². The Hall–Kier alpha value is -2.66. The number of amides is 1. The van der Waals surface area contributed by atoms with E-state index in [-0.39, 0.29) is 5.91 Å². The first-order valence-corrected chi connectivity index (χ1v) is 7.15. The molecule has 1 amide bonds. The van der Waals surface area contributed by atoms with E-state index in [1.807, 2.05) is 17.5 Å². The Balaban J connectivity index is 1.77. The van der Waals surface area contributed by atoms with Gasteiger partial charge in [-0.15, -0.1) is 11.3 Å². The van der Waals surface area contributed by atoms with Gasteiger partial charge in [-0.2, -0.15) is 0 Å². The van der Waals surface area contributed by atoms with Gasteiger partial charge in [0, 0.05) is 28.1 Å². The molecule has 0 fully saturated rings. The van der Waals surface area contributed by atoms with Crippen LogP contribution in [0.4, 0.5) is 5.69 Å². The van der Waals surface area contributed by atoms with Gasteiger partial charge < -0.3 is 9.73 Å². The fourth-order valence-electron chi connectivity index (χ4n) is 1.88. The van der Waals surface area contributed by atoms with Crippen molar-refractivity contribution in [2.75, 3.05) is 5.32 Å². The Kier molecular flexibility index (Phi) is 3.66. The molecule has 1 aromatic carbocycles. The van der Waals surface area contributed by atoms with Gasteiger partial charge in [0.15, 0.2) is 0 Å². The van der Waals surface area contributed by atoms with E-state index < -0.39 is 5.63 Å². The largest absolute Gasteiger partial charge is 0.423 e. The summed E-state index contributed by atoms with van der Waals surface area (Å²) < 4.78 is 5.04. The van der Waals surface area contributed by atoms with Crippen LogP contribution in [0.15, 0.2) is 63.1 Å². The van der Waals surface area contributed by atoms with Gasteiger partial charge in [-0.25, -0.2) is 4.79 Å². The van der Waals surface area contributed by atoms with Crippen LogP contribution in [-0.4, -0.2) is 5.91 Å². The Morgan fingerprint density at radius 3 is 2.90 bits per heavy atom. The predicted octanol–water partition coefficient (Wildman–Crippen LogP) is 3.51. The van der Waals surface area contributed by atoms with Gasteiger partial charge in [0.1, 0.15) is 5.58 Å². The third-order valence-electron chi connectivity index (χ3n) is 2.83. The Bertz CT molecular complexity index is 863. The molecule has 0 spiro atoms. The summed E-state index contributed by atoms with van der Waals surface area (Å²) in [5.41, 5.74) is 0.755. The number of hydrogen-bond acceptors (Lipinski definition) is 4. The maximum absolute atomic E-state index is 11.8. The van der Waals surface area contributed by atoms with Crippen molar-refractivity contribution in [3.63, 3.8) is 0 Å². The average molecular weight is 297 g/mol. The fourth-order valence-corrected chi connectivity index (χ4v) is 2.50. The molecular formula is C16H11NO3S. The number of carbonyl (C=O) groups excluding carboxylic acids is 1. The second-order valence-corrected chi connectivity index (χ2v) is 5.32. The van der Waals surface area contributed by atoms with Crippen LogP contribution in [0.1, 0.15) is 4.88 Å². The van der Waals surface area contributed by atoms with Gasteiger partial charge >= 0.3 is 5.63 Å². The second-order valence-electron chi connectivity index (χ2n) is 4.35. The van der Waals surface area contributed by atoms with Crippen LogP contribution in [0.25, 0.3) is 17.0 Å². The molecule has 3 rings (SSSR count). The highest BCUT2D eigenvalue weighted by molar-refractivity contribution is 7.10. The molecule has 1 N–H and O–H groups in total. The molecule has 3 aromatic rings. The number of thiophene rings is 1. The van der Waals surface area contributed by atoms with Crippen molar-refractivity contribution in [3.8, 4) is 0 Å². The monoisotopic (exact) mass is 297 g/mol. The third kappa shape index (κ3) is 3.27. The minimum absolute atomic E-state index is 0.208. The molecule has 0 unspecified atom stereocenters. The first-order chi connectivity index (χ1) is 10.2. The van der Waals surface area contributed by atoms with E-state index in [2.05, 4.69) is 5.32 Å². The van der Waals surface area contributed by atoms with Gasteiger partial charge in [0.2, 0.25) is 5.91 Å². The Morgan fingerprint density at radius 2 is 2.10 bits per heavy atom. The molecule has 104 valence electrons. The molecular weight excluding hydrogens is 286 g/mol. The van der Waals surface area contributed by atoms with Crippen LogP contribution >= 0.6 is 11.3 Å². The smallest absolute Gasteiger partial charge is 0.336 e. The summed E-state index contributed by atoms with van der Waals surface area (Å²) in [5.74, 6) is -0.208. The fraction of sp³-hybridized carbons (Fsp3) is 0. The topological polar surface area (TPSA) is 59.3 Å². The number of nitrogens with one attached hydrogen (secondary N) is 1. The number of hydrogen-bond donors (Lipinski definition) is 1. The predicted molar refractivity (Wildman–Crippen MR) is 84.5 cm³/mol. The maximum Gasteiger partial charge on any atom is 0.336 e.